The molecule has 1 heterocycles. The highest BCUT2D eigenvalue weighted by atomic mass is 16.3. The first-order valence-corrected chi connectivity index (χ1v) is 9.04. The number of amides is 1. The molecular formula is C22H26N2O3. The van der Waals surface area contributed by atoms with E-state index in [4.69, 9.17) is 5.11 Å². The highest BCUT2D eigenvalue weighted by Gasteiger charge is 2.29. The zero-order valence-corrected chi connectivity index (χ0v) is 15.9. The summed E-state index contributed by atoms with van der Waals surface area (Å²) in [7, 11) is 0. The van der Waals surface area contributed by atoms with Crippen LogP contribution in [-0.4, -0.2) is 26.8 Å². The Morgan fingerprint density at radius 2 is 1.74 bits per heavy atom. The summed E-state index contributed by atoms with van der Waals surface area (Å²) in [5, 5.41) is 23.2. The van der Waals surface area contributed by atoms with Gasteiger partial charge in [0.05, 0.1) is 12.1 Å². The zero-order valence-electron chi connectivity index (χ0n) is 15.9. The summed E-state index contributed by atoms with van der Waals surface area (Å²) in [6, 6.07) is 15.6. The van der Waals surface area contributed by atoms with Gasteiger partial charge in [0.2, 0.25) is 0 Å². The lowest BCUT2D eigenvalue weighted by Crippen LogP contribution is -2.38. The van der Waals surface area contributed by atoms with E-state index in [-0.39, 0.29) is 6.61 Å². The Morgan fingerprint density at radius 3 is 2.37 bits per heavy atom. The number of aliphatic hydroxyl groups excluding tert-OH is 2. The molecule has 0 saturated carbocycles. The van der Waals surface area contributed by atoms with Gasteiger partial charge in [0.1, 0.15) is 6.10 Å². The number of carbonyl (C=O) groups excluding carboxylic acids is 1. The molecule has 3 N–H and O–H groups in total. The number of aromatic nitrogens is 1. The van der Waals surface area contributed by atoms with Gasteiger partial charge in [-0.15, -0.1) is 0 Å². The van der Waals surface area contributed by atoms with Crippen LogP contribution in [0.25, 0.3) is 10.9 Å². The number of nitrogens with zero attached hydrogens (tertiary/aromatic N) is 1. The van der Waals surface area contributed by atoms with Crippen molar-refractivity contribution < 1.29 is 15.0 Å². The number of aliphatic hydroxyl groups is 2. The second-order valence-corrected chi connectivity index (χ2v) is 7.95. The Morgan fingerprint density at radius 1 is 1.07 bits per heavy atom. The molecule has 142 valence electrons. The van der Waals surface area contributed by atoms with Crippen molar-refractivity contribution in [3.63, 3.8) is 0 Å². The Balaban J connectivity index is 1.82. The Hall–Kier alpha value is -2.63. The van der Waals surface area contributed by atoms with Crippen LogP contribution in [0.1, 0.15) is 31.9 Å². The second kappa shape index (κ2) is 7.55. The number of nitrogens with one attached hydrogen (secondary N) is 1. The van der Waals surface area contributed by atoms with E-state index in [1.54, 1.807) is 0 Å². The van der Waals surface area contributed by atoms with E-state index >= 15 is 0 Å². The van der Waals surface area contributed by atoms with Crippen LogP contribution in [0, 0.1) is 5.41 Å². The highest BCUT2D eigenvalue weighted by molar-refractivity contribution is 5.96. The van der Waals surface area contributed by atoms with Crippen molar-refractivity contribution >= 4 is 22.5 Å². The van der Waals surface area contributed by atoms with Crippen LogP contribution in [-0.2, 0) is 17.9 Å². The lowest BCUT2D eigenvalue weighted by Gasteiger charge is -2.24. The number of rotatable bonds is 5. The maximum atomic E-state index is 12.3. The lowest BCUT2D eigenvalue weighted by molar-refractivity contribution is -0.129. The van der Waals surface area contributed by atoms with Crippen molar-refractivity contribution in [3.8, 4) is 0 Å². The number of fused-ring (bicyclic) bond motifs is 1. The first kappa shape index (κ1) is 19.1. The van der Waals surface area contributed by atoms with Gasteiger partial charge in [-0.25, -0.2) is 0 Å². The SMILES string of the molecule is CC(C)(C)C(O)C(=O)Nc1ccc2ccn(Cc3ccc(CO)cc3)c2c1. The van der Waals surface area contributed by atoms with Gasteiger partial charge in [-0.05, 0) is 40.1 Å². The molecule has 0 spiro atoms. The third-order valence-corrected chi connectivity index (χ3v) is 4.67. The highest BCUT2D eigenvalue weighted by Crippen LogP contribution is 2.24. The largest absolute Gasteiger partial charge is 0.392 e. The average Bonchev–Trinajstić information content (AvgIpc) is 3.03. The number of anilines is 1. The van der Waals surface area contributed by atoms with Crippen molar-refractivity contribution in [1.29, 1.82) is 0 Å². The minimum atomic E-state index is -1.08. The topological polar surface area (TPSA) is 74.5 Å². The Bertz CT molecular complexity index is 936. The lowest BCUT2D eigenvalue weighted by atomic mass is 9.88. The fourth-order valence-electron chi connectivity index (χ4n) is 2.95. The summed E-state index contributed by atoms with van der Waals surface area (Å²) < 4.78 is 2.11. The number of benzene rings is 2. The predicted octanol–water partition coefficient (Wildman–Crippen LogP) is 3.53. The monoisotopic (exact) mass is 366 g/mol. The average molecular weight is 366 g/mol. The summed E-state index contributed by atoms with van der Waals surface area (Å²) in [5.41, 5.74) is 3.16. The van der Waals surface area contributed by atoms with Crippen LogP contribution < -0.4 is 5.32 Å². The fraction of sp³-hybridized carbons (Fsp3) is 0.318. The summed E-state index contributed by atoms with van der Waals surface area (Å²) in [6.45, 7) is 6.21. The minimum Gasteiger partial charge on any atom is -0.392 e. The molecule has 3 rings (SSSR count). The van der Waals surface area contributed by atoms with E-state index in [1.807, 2.05) is 75.5 Å². The molecular weight excluding hydrogens is 340 g/mol. The molecule has 0 saturated heterocycles. The maximum absolute atomic E-state index is 12.3. The number of hydrogen-bond donors (Lipinski definition) is 3. The molecule has 0 radical (unpaired) electrons. The third-order valence-electron chi connectivity index (χ3n) is 4.67. The molecule has 0 aliphatic heterocycles. The summed E-state index contributed by atoms with van der Waals surface area (Å²) in [6.07, 6.45) is 0.935. The second-order valence-electron chi connectivity index (χ2n) is 7.95. The summed E-state index contributed by atoms with van der Waals surface area (Å²) in [4.78, 5) is 12.3. The van der Waals surface area contributed by atoms with Crippen molar-refractivity contribution in [2.75, 3.05) is 5.32 Å². The van der Waals surface area contributed by atoms with Crippen LogP contribution in [0.5, 0.6) is 0 Å². The maximum Gasteiger partial charge on any atom is 0.253 e. The van der Waals surface area contributed by atoms with Gasteiger partial charge in [-0.3, -0.25) is 4.79 Å². The first-order valence-electron chi connectivity index (χ1n) is 9.04. The molecule has 2 aromatic carbocycles. The molecule has 1 amide bonds. The standard InChI is InChI=1S/C22H26N2O3/c1-22(2,3)20(26)21(27)23-18-9-8-17-10-11-24(19(17)12-18)13-15-4-6-16(14-25)7-5-15/h4-12,20,25-26H,13-14H2,1-3H3,(H,23,27). The molecule has 1 atom stereocenters. The summed E-state index contributed by atoms with van der Waals surface area (Å²) in [5.74, 6) is -0.403. The Labute approximate surface area is 159 Å². The normalized spacial score (nSPS) is 12.9. The molecule has 0 bridgehead atoms. The Kier molecular flexibility index (Phi) is 5.35. The van der Waals surface area contributed by atoms with E-state index in [2.05, 4.69) is 9.88 Å². The molecule has 27 heavy (non-hydrogen) atoms. The van der Waals surface area contributed by atoms with Crippen LogP contribution >= 0.6 is 0 Å². The van der Waals surface area contributed by atoms with E-state index in [0.29, 0.717) is 12.2 Å². The van der Waals surface area contributed by atoms with Gasteiger partial charge in [0.15, 0.2) is 0 Å². The van der Waals surface area contributed by atoms with Gasteiger partial charge in [-0.2, -0.15) is 0 Å². The number of carbonyl (C=O) groups is 1. The molecule has 0 fully saturated rings. The third kappa shape index (κ3) is 4.38. The molecule has 3 aromatic rings. The van der Waals surface area contributed by atoms with E-state index in [0.717, 1.165) is 22.0 Å². The van der Waals surface area contributed by atoms with Crippen LogP contribution in [0.15, 0.2) is 54.7 Å². The molecule has 1 unspecified atom stereocenters. The van der Waals surface area contributed by atoms with Gasteiger partial charge in [0, 0.05) is 18.4 Å². The summed E-state index contributed by atoms with van der Waals surface area (Å²) >= 11 is 0. The molecule has 1 aromatic heterocycles. The number of hydrogen-bond acceptors (Lipinski definition) is 3. The van der Waals surface area contributed by atoms with Crippen molar-refractivity contribution in [2.24, 2.45) is 5.41 Å². The minimum absolute atomic E-state index is 0.0379. The van der Waals surface area contributed by atoms with Crippen molar-refractivity contribution in [2.45, 2.75) is 40.0 Å². The van der Waals surface area contributed by atoms with Crippen LogP contribution in [0.4, 0.5) is 5.69 Å². The smallest absolute Gasteiger partial charge is 0.253 e. The van der Waals surface area contributed by atoms with E-state index in [1.165, 1.54) is 0 Å². The predicted molar refractivity (Wildman–Crippen MR) is 107 cm³/mol. The van der Waals surface area contributed by atoms with Crippen molar-refractivity contribution in [1.82, 2.24) is 4.57 Å². The van der Waals surface area contributed by atoms with Crippen molar-refractivity contribution in [3.05, 3.63) is 65.9 Å². The quantitative estimate of drug-likeness (QED) is 0.647. The van der Waals surface area contributed by atoms with E-state index < -0.39 is 17.4 Å². The van der Waals surface area contributed by atoms with Gasteiger partial charge in [-0.1, -0.05) is 51.1 Å². The van der Waals surface area contributed by atoms with Gasteiger partial charge < -0.3 is 20.1 Å². The molecule has 0 aliphatic rings. The fourth-order valence-corrected chi connectivity index (χ4v) is 2.95. The van der Waals surface area contributed by atoms with E-state index in [9.17, 15) is 9.90 Å². The van der Waals surface area contributed by atoms with Crippen LogP contribution in [0.3, 0.4) is 0 Å². The van der Waals surface area contributed by atoms with Gasteiger partial charge in [0.25, 0.3) is 5.91 Å². The molecule has 0 aliphatic carbocycles. The molecule has 5 nitrogen and oxygen atoms in total. The van der Waals surface area contributed by atoms with Gasteiger partial charge >= 0.3 is 0 Å². The first-order chi connectivity index (χ1) is 12.8. The zero-order chi connectivity index (χ0) is 19.6. The molecule has 5 heteroatoms. The van der Waals surface area contributed by atoms with Crippen LogP contribution in [0.2, 0.25) is 0 Å².